The van der Waals surface area contributed by atoms with Gasteiger partial charge < -0.3 is 10.1 Å². The van der Waals surface area contributed by atoms with Gasteiger partial charge in [0.25, 0.3) is 0 Å². The van der Waals surface area contributed by atoms with Crippen LogP contribution in [0.25, 0.3) is 0 Å². The van der Waals surface area contributed by atoms with Crippen LogP contribution >= 0.6 is 35.4 Å². The minimum atomic E-state index is -0.554. The van der Waals surface area contributed by atoms with Gasteiger partial charge in [0.2, 0.25) is 0 Å². The molecule has 118 valence electrons. The maximum Gasteiger partial charge on any atom is 0.188 e. The number of hydrogen-bond acceptors (Lipinski definition) is 2. The van der Waals surface area contributed by atoms with Crippen molar-refractivity contribution in [2.45, 2.75) is 25.1 Å². The number of nitrogens with one attached hydrogen (secondary N) is 1. The number of nitrogens with zero attached hydrogens (tertiary/aromatic N) is 1. The van der Waals surface area contributed by atoms with Crippen LogP contribution in [0.15, 0.2) is 42.5 Å². The molecule has 0 aliphatic carbocycles. The molecule has 3 nitrogen and oxygen atoms in total. The molecule has 0 unspecified atom stereocenters. The third kappa shape index (κ3) is 2.45. The average Bonchev–Trinajstić information content (AvgIpc) is 2.49. The minimum absolute atomic E-state index is 0.0958. The second-order valence-electron chi connectivity index (χ2n) is 5.98. The summed E-state index contributed by atoms with van der Waals surface area (Å²) in [5.41, 5.74) is 1.44. The summed E-state index contributed by atoms with van der Waals surface area (Å²) in [7, 11) is 0. The first-order valence-corrected chi connectivity index (χ1v) is 8.47. The van der Waals surface area contributed by atoms with Gasteiger partial charge in [0.15, 0.2) is 10.8 Å². The standard InChI is InChI=1S/C17H14Cl2N2OS/c1-17-9-14(13-8-11(19)4-7-15(13)22-17)20-16(23)21(17)12-5-2-10(18)3-6-12/h2-8,14H,9H2,1H3,(H,20,23)/t14-,17-/m1/s1. The highest BCUT2D eigenvalue weighted by Gasteiger charge is 2.48. The fourth-order valence-corrected chi connectivity index (χ4v) is 4.07. The molecule has 4 rings (SSSR count). The Morgan fingerprint density at radius 3 is 2.61 bits per heavy atom. The quantitative estimate of drug-likeness (QED) is 0.725. The van der Waals surface area contributed by atoms with E-state index in [-0.39, 0.29) is 6.04 Å². The van der Waals surface area contributed by atoms with Crippen molar-refractivity contribution in [2.75, 3.05) is 4.90 Å². The van der Waals surface area contributed by atoms with Gasteiger partial charge in [-0.15, -0.1) is 0 Å². The van der Waals surface area contributed by atoms with Crippen LogP contribution in [0, 0.1) is 0 Å². The molecular weight excluding hydrogens is 351 g/mol. The van der Waals surface area contributed by atoms with Gasteiger partial charge in [-0.25, -0.2) is 0 Å². The highest BCUT2D eigenvalue weighted by Crippen LogP contribution is 2.46. The third-order valence-corrected chi connectivity index (χ3v) is 5.11. The molecule has 23 heavy (non-hydrogen) atoms. The second kappa shape index (κ2) is 5.26. The molecule has 2 aliphatic rings. The van der Waals surface area contributed by atoms with Gasteiger partial charge in [-0.1, -0.05) is 23.2 Å². The fraction of sp³-hybridized carbons (Fsp3) is 0.235. The molecule has 0 spiro atoms. The molecule has 2 bridgehead atoms. The monoisotopic (exact) mass is 364 g/mol. The molecule has 2 aromatic carbocycles. The zero-order valence-corrected chi connectivity index (χ0v) is 14.7. The van der Waals surface area contributed by atoms with Crippen molar-refractivity contribution in [3.8, 4) is 5.75 Å². The van der Waals surface area contributed by atoms with E-state index in [1.165, 1.54) is 0 Å². The van der Waals surface area contributed by atoms with E-state index in [1.807, 2.05) is 47.4 Å². The van der Waals surface area contributed by atoms with Crippen molar-refractivity contribution < 1.29 is 4.74 Å². The first-order valence-electron chi connectivity index (χ1n) is 7.31. The minimum Gasteiger partial charge on any atom is -0.467 e. The maximum atomic E-state index is 6.32. The summed E-state index contributed by atoms with van der Waals surface area (Å²) in [6.07, 6.45) is 0.767. The van der Waals surface area contributed by atoms with Crippen molar-refractivity contribution in [3.63, 3.8) is 0 Å². The molecule has 1 fully saturated rings. The summed E-state index contributed by atoms with van der Waals surface area (Å²) < 4.78 is 6.32. The predicted octanol–water partition coefficient (Wildman–Crippen LogP) is 4.93. The van der Waals surface area contributed by atoms with Gasteiger partial charge in [-0.2, -0.15) is 0 Å². The van der Waals surface area contributed by atoms with E-state index >= 15 is 0 Å². The van der Waals surface area contributed by atoms with Gasteiger partial charge >= 0.3 is 0 Å². The number of rotatable bonds is 1. The zero-order valence-electron chi connectivity index (χ0n) is 12.3. The first-order chi connectivity index (χ1) is 11.0. The van der Waals surface area contributed by atoms with Crippen LogP contribution in [0.5, 0.6) is 5.75 Å². The molecule has 0 radical (unpaired) electrons. The van der Waals surface area contributed by atoms with Gasteiger partial charge in [0, 0.05) is 27.7 Å². The predicted molar refractivity (Wildman–Crippen MR) is 97.5 cm³/mol. The van der Waals surface area contributed by atoms with E-state index in [2.05, 4.69) is 12.2 Å². The van der Waals surface area contributed by atoms with Crippen LogP contribution in [-0.2, 0) is 0 Å². The first kappa shape index (κ1) is 15.1. The number of benzene rings is 2. The molecule has 1 saturated heterocycles. The van der Waals surface area contributed by atoms with E-state index in [4.69, 9.17) is 40.2 Å². The number of anilines is 1. The van der Waals surface area contributed by atoms with Gasteiger partial charge in [-0.05, 0) is 61.6 Å². The number of fused-ring (bicyclic) bond motifs is 4. The summed E-state index contributed by atoms with van der Waals surface area (Å²) in [6.45, 7) is 2.05. The Morgan fingerprint density at radius 2 is 1.87 bits per heavy atom. The summed E-state index contributed by atoms with van der Waals surface area (Å²) in [4.78, 5) is 2.01. The number of hydrogen-bond donors (Lipinski definition) is 1. The smallest absolute Gasteiger partial charge is 0.188 e. The summed E-state index contributed by atoms with van der Waals surface area (Å²) in [5.74, 6) is 0.835. The number of ether oxygens (including phenoxy) is 1. The Bertz CT molecular complexity index is 796. The van der Waals surface area contributed by atoms with Crippen molar-refractivity contribution >= 4 is 46.2 Å². The number of thiocarbonyl (C=S) groups is 1. The van der Waals surface area contributed by atoms with E-state index in [1.54, 1.807) is 0 Å². The normalized spacial score (nSPS) is 25.4. The van der Waals surface area contributed by atoms with Crippen LogP contribution < -0.4 is 15.0 Å². The second-order valence-corrected chi connectivity index (χ2v) is 7.24. The molecule has 2 aromatic rings. The molecule has 0 aromatic heterocycles. The Balaban J connectivity index is 1.79. The third-order valence-electron chi connectivity index (χ3n) is 4.32. The lowest BCUT2D eigenvalue weighted by atomic mass is 9.90. The van der Waals surface area contributed by atoms with Crippen LogP contribution in [-0.4, -0.2) is 10.8 Å². The highest BCUT2D eigenvalue weighted by molar-refractivity contribution is 7.80. The van der Waals surface area contributed by atoms with E-state index < -0.39 is 5.72 Å². The van der Waals surface area contributed by atoms with Crippen molar-refractivity contribution in [1.29, 1.82) is 0 Å². The summed E-state index contributed by atoms with van der Waals surface area (Å²) in [6, 6.07) is 13.4. The Hall–Kier alpha value is -1.49. The molecule has 6 heteroatoms. The van der Waals surface area contributed by atoms with Crippen LogP contribution in [0.2, 0.25) is 10.0 Å². The molecule has 2 aliphatic heterocycles. The van der Waals surface area contributed by atoms with Crippen LogP contribution in [0.1, 0.15) is 24.9 Å². The molecule has 0 amide bonds. The lowest BCUT2D eigenvalue weighted by Gasteiger charge is -2.52. The molecule has 2 atom stereocenters. The molecule has 0 saturated carbocycles. The van der Waals surface area contributed by atoms with Crippen molar-refractivity contribution in [1.82, 2.24) is 5.32 Å². The Kier molecular flexibility index (Phi) is 3.45. The molecular formula is C17H14Cl2N2OS. The SMILES string of the molecule is C[C@@]12C[C@@H](NC(=S)N1c1ccc(Cl)cc1)c1cc(Cl)ccc1O2. The topological polar surface area (TPSA) is 24.5 Å². The van der Waals surface area contributed by atoms with Gasteiger partial charge in [0.05, 0.1) is 6.04 Å². The Morgan fingerprint density at radius 1 is 1.17 bits per heavy atom. The van der Waals surface area contributed by atoms with Gasteiger partial charge in [-0.3, -0.25) is 4.90 Å². The maximum absolute atomic E-state index is 6.32. The number of halogens is 2. The van der Waals surface area contributed by atoms with Crippen LogP contribution in [0.4, 0.5) is 5.69 Å². The van der Waals surface area contributed by atoms with Crippen LogP contribution in [0.3, 0.4) is 0 Å². The highest BCUT2D eigenvalue weighted by atomic mass is 35.5. The summed E-state index contributed by atoms with van der Waals surface area (Å²) >= 11 is 17.7. The average molecular weight is 365 g/mol. The molecule has 2 heterocycles. The van der Waals surface area contributed by atoms with Crippen molar-refractivity contribution in [3.05, 3.63) is 58.1 Å². The zero-order chi connectivity index (χ0) is 16.2. The van der Waals surface area contributed by atoms with Gasteiger partial charge in [0.1, 0.15) is 5.75 Å². The Labute approximate surface area is 150 Å². The molecule has 1 N–H and O–H groups in total. The largest absolute Gasteiger partial charge is 0.467 e. The van der Waals surface area contributed by atoms with E-state index in [9.17, 15) is 0 Å². The van der Waals surface area contributed by atoms with E-state index in [0.717, 1.165) is 23.4 Å². The van der Waals surface area contributed by atoms with E-state index in [0.29, 0.717) is 15.2 Å². The summed E-state index contributed by atoms with van der Waals surface area (Å²) in [5, 5.41) is 5.43. The fourth-order valence-electron chi connectivity index (χ4n) is 3.33. The lowest BCUT2D eigenvalue weighted by molar-refractivity contribution is 0.0498. The van der Waals surface area contributed by atoms with Crippen molar-refractivity contribution in [2.24, 2.45) is 0 Å². The lowest BCUT2D eigenvalue weighted by Crippen LogP contribution is -2.65.